The number of rotatable bonds is 10. The molecule has 202 valence electrons. The zero-order valence-corrected chi connectivity index (χ0v) is 21.2. The third kappa shape index (κ3) is 8.09. The van der Waals surface area contributed by atoms with E-state index in [4.69, 9.17) is 5.11 Å². The molecule has 3 amide bonds. The number of esters is 1. The molecule has 0 aromatic heterocycles. The molecule has 0 spiro atoms. The predicted octanol–water partition coefficient (Wildman–Crippen LogP) is 1.44. The lowest BCUT2D eigenvalue weighted by Gasteiger charge is -2.35. The number of carbonyl (C=O) groups is 5. The molecule has 11 heteroatoms. The number of carbonyl (C=O) groups excluding carboxylic acids is 4. The number of hydrogen-bond acceptors (Lipinski definition) is 8. The number of nitrogens with zero attached hydrogens (tertiary/aromatic N) is 2. The number of imide groups is 1. The van der Waals surface area contributed by atoms with Crippen molar-refractivity contribution in [2.45, 2.75) is 44.9 Å². The highest BCUT2D eigenvalue weighted by molar-refractivity contribution is 6.05. The fraction of sp³-hybridized carbons (Fsp3) is 0.577. The molecular weight excluding hydrogens is 480 g/mol. The highest BCUT2D eigenvalue weighted by Crippen LogP contribution is 2.23. The van der Waals surface area contributed by atoms with Crippen molar-refractivity contribution in [3.63, 3.8) is 0 Å². The third-order valence-electron chi connectivity index (χ3n) is 6.93. The predicted molar refractivity (Wildman–Crippen MR) is 133 cm³/mol. The van der Waals surface area contributed by atoms with Gasteiger partial charge in [-0.2, -0.15) is 0 Å². The molecule has 3 rings (SSSR count). The molecule has 0 saturated carbocycles. The number of hydrazine groups is 1. The highest BCUT2D eigenvalue weighted by Gasteiger charge is 2.34. The fourth-order valence-electron chi connectivity index (χ4n) is 4.76. The number of amides is 3. The summed E-state index contributed by atoms with van der Waals surface area (Å²) in [4.78, 5) is 64.0. The lowest BCUT2D eigenvalue weighted by Crippen LogP contribution is -2.53. The second-order valence-corrected chi connectivity index (χ2v) is 9.51. The summed E-state index contributed by atoms with van der Waals surface area (Å²) >= 11 is 0. The van der Waals surface area contributed by atoms with E-state index in [-0.39, 0.29) is 36.5 Å². The molecule has 3 N–H and O–H groups in total. The molecule has 2 saturated heterocycles. The van der Waals surface area contributed by atoms with Crippen LogP contribution in [-0.4, -0.2) is 84.5 Å². The van der Waals surface area contributed by atoms with Gasteiger partial charge in [0.25, 0.3) is 5.91 Å². The molecule has 2 fully saturated rings. The molecule has 11 nitrogen and oxygen atoms in total. The molecule has 2 aliphatic rings. The van der Waals surface area contributed by atoms with Gasteiger partial charge in [0.2, 0.25) is 11.8 Å². The number of hydrogen-bond donors (Lipinski definition) is 3. The van der Waals surface area contributed by atoms with Crippen molar-refractivity contribution in [1.29, 1.82) is 0 Å². The van der Waals surface area contributed by atoms with E-state index in [1.54, 1.807) is 4.90 Å². The summed E-state index contributed by atoms with van der Waals surface area (Å²) in [7, 11) is 1.25. The zero-order chi connectivity index (χ0) is 26.8. The SMILES string of the molecule is COC(=O)c1ccc(C(=O)N(NCCC(=O)O)C(=O)[C@@H]2CCCN(C(=O)CCC3CCNCC3)C2)cc1. The van der Waals surface area contributed by atoms with Gasteiger partial charge in [0.05, 0.1) is 25.0 Å². The highest BCUT2D eigenvalue weighted by atomic mass is 16.5. The summed E-state index contributed by atoms with van der Waals surface area (Å²) in [5, 5.41) is 13.2. The van der Waals surface area contributed by atoms with Crippen LogP contribution in [0.15, 0.2) is 24.3 Å². The van der Waals surface area contributed by atoms with Crippen molar-refractivity contribution in [2.24, 2.45) is 11.8 Å². The molecule has 1 aromatic carbocycles. The van der Waals surface area contributed by atoms with Crippen LogP contribution in [-0.2, 0) is 19.1 Å². The Kier molecular flexibility index (Phi) is 10.6. The summed E-state index contributed by atoms with van der Waals surface area (Å²) in [6, 6.07) is 5.65. The first-order valence-electron chi connectivity index (χ1n) is 12.8. The van der Waals surface area contributed by atoms with E-state index < -0.39 is 29.7 Å². The van der Waals surface area contributed by atoms with E-state index >= 15 is 0 Å². The molecule has 0 bridgehead atoms. The standard InChI is InChI=1S/C26H36N4O7/c1-37-26(36)20-7-5-19(6-8-20)24(34)30(28-15-12-23(32)33)25(35)21-3-2-16-29(17-21)22(31)9-4-18-10-13-27-14-11-18/h5-8,18,21,27-28H,2-4,9-17H2,1H3,(H,32,33)/t21-/m1/s1. The number of carboxylic acids is 1. The van der Waals surface area contributed by atoms with E-state index in [2.05, 4.69) is 15.5 Å². The third-order valence-corrected chi connectivity index (χ3v) is 6.93. The van der Waals surface area contributed by atoms with Crippen LogP contribution in [0.5, 0.6) is 0 Å². The van der Waals surface area contributed by atoms with Crippen molar-refractivity contribution >= 4 is 29.7 Å². The first-order chi connectivity index (χ1) is 17.8. The van der Waals surface area contributed by atoms with Gasteiger partial charge in [-0.05, 0) is 75.4 Å². The lowest BCUT2D eigenvalue weighted by atomic mass is 9.92. The van der Waals surface area contributed by atoms with Gasteiger partial charge in [0, 0.05) is 31.6 Å². The van der Waals surface area contributed by atoms with Crippen LogP contribution in [0.2, 0.25) is 0 Å². The Morgan fingerprint density at radius 3 is 2.38 bits per heavy atom. The Bertz CT molecular complexity index is 976. The second kappa shape index (κ2) is 13.8. The lowest BCUT2D eigenvalue weighted by molar-refractivity contribution is -0.142. The number of carboxylic acid groups (broad SMARTS) is 1. The number of benzene rings is 1. The van der Waals surface area contributed by atoms with E-state index in [0.717, 1.165) is 37.4 Å². The maximum Gasteiger partial charge on any atom is 0.337 e. The van der Waals surface area contributed by atoms with Crippen LogP contribution in [0.4, 0.5) is 0 Å². The Morgan fingerprint density at radius 2 is 1.73 bits per heavy atom. The summed E-state index contributed by atoms with van der Waals surface area (Å²) < 4.78 is 4.67. The van der Waals surface area contributed by atoms with Crippen molar-refractivity contribution in [3.8, 4) is 0 Å². The minimum Gasteiger partial charge on any atom is -0.481 e. The number of aliphatic carboxylic acids is 1. The van der Waals surface area contributed by atoms with E-state index in [1.165, 1.54) is 31.4 Å². The minimum absolute atomic E-state index is 0.0196. The number of nitrogens with one attached hydrogen (secondary N) is 2. The maximum absolute atomic E-state index is 13.5. The Balaban J connectivity index is 1.67. The van der Waals surface area contributed by atoms with Crippen LogP contribution in [0, 0.1) is 11.8 Å². The van der Waals surface area contributed by atoms with E-state index in [9.17, 15) is 24.0 Å². The number of methoxy groups -OCH3 is 1. The van der Waals surface area contributed by atoms with Crippen LogP contribution in [0.25, 0.3) is 0 Å². The number of piperidine rings is 2. The van der Waals surface area contributed by atoms with Gasteiger partial charge in [0.15, 0.2) is 0 Å². The number of likely N-dealkylation sites (tertiary alicyclic amines) is 1. The summed E-state index contributed by atoms with van der Waals surface area (Å²) in [6.45, 7) is 2.62. The molecule has 0 unspecified atom stereocenters. The molecule has 0 radical (unpaired) electrons. The largest absolute Gasteiger partial charge is 0.481 e. The van der Waals surface area contributed by atoms with Gasteiger partial charge < -0.3 is 20.1 Å². The topological polar surface area (TPSA) is 145 Å². The molecule has 0 aliphatic carbocycles. The molecular formula is C26H36N4O7. The van der Waals surface area contributed by atoms with Gasteiger partial charge in [-0.25, -0.2) is 15.2 Å². The van der Waals surface area contributed by atoms with E-state index in [1.807, 2.05) is 0 Å². The maximum atomic E-state index is 13.5. The summed E-state index contributed by atoms with van der Waals surface area (Å²) in [5.41, 5.74) is 3.06. The molecule has 2 heterocycles. The Hall–Kier alpha value is -3.31. The van der Waals surface area contributed by atoms with Crippen LogP contribution in [0.1, 0.15) is 65.7 Å². The average molecular weight is 517 g/mol. The van der Waals surface area contributed by atoms with Gasteiger partial charge in [-0.1, -0.05) is 0 Å². The first-order valence-corrected chi connectivity index (χ1v) is 12.8. The van der Waals surface area contributed by atoms with Crippen molar-refractivity contribution in [2.75, 3.05) is 39.8 Å². The average Bonchev–Trinajstić information content (AvgIpc) is 2.93. The Morgan fingerprint density at radius 1 is 1.05 bits per heavy atom. The number of ether oxygens (including phenoxy) is 1. The minimum atomic E-state index is -1.07. The van der Waals surface area contributed by atoms with E-state index in [0.29, 0.717) is 31.7 Å². The van der Waals surface area contributed by atoms with Crippen LogP contribution < -0.4 is 10.7 Å². The summed E-state index contributed by atoms with van der Waals surface area (Å²) in [6.07, 6.45) is 4.27. The van der Waals surface area contributed by atoms with Gasteiger partial charge in [-0.3, -0.25) is 19.2 Å². The normalized spacial score (nSPS) is 18.2. The Labute approximate surface area is 216 Å². The van der Waals surface area contributed by atoms with Crippen LogP contribution >= 0.6 is 0 Å². The second-order valence-electron chi connectivity index (χ2n) is 9.51. The molecule has 1 aromatic rings. The molecule has 2 aliphatic heterocycles. The first kappa shape index (κ1) is 28.3. The quantitative estimate of drug-likeness (QED) is 0.239. The fourth-order valence-corrected chi connectivity index (χ4v) is 4.76. The monoisotopic (exact) mass is 516 g/mol. The van der Waals surface area contributed by atoms with Crippen molar-refractivity contribution < 1.29 is 33.8 Å². The molecule has 37 heavy (non-hydrogen) atoms. The van der Waals surface area contributed by atoms with Gasteiger partial charge in [0.1, 0.15) is 0 Å². The summed E-state index contributed by atoms with van der Waals surface area (Å²) in [5.74, 6) is -2.84. The zero-order valence-electron chi connectivity index (χ0n) is 21.2. The van der Waals surface area contributed by atoms with Crippen LogP contribution in [0.3, 0.4) is 0 Å². The van der Waals surface area contributed by atoms with Crippen molar-refractivity contribution in [1.82, 2.24) is 20.7 Å². The van der Waals surface area contributed by atoms with Gasteiger partial charge in [-0.15, -0.1) is 0 Å². The van der Waals surface area contributed by atoms with Crippen molar-refractivity contribution in [3.05, 3.63) is 35.4 Å². The van der Waals surface area contributed by atoms with Gasteiger partial charge >= 0.3 is 11.9 Å². The molecule has 1 atom stereocenters. The smallest absolute Gasteiger partial charge is 0.337 e.